The summed E-state index contributed by atoms with van der Waals surface area (Å²) in [6.07, 6.45) is 0. The fourth-order valence-corrected chi connectivity index (χ4v) is 1.78. The lowest BCUT2D eigenvalue weighted by Gasteiger charge is -2.26. The lowest BCUT2D eigenvalue weighted by molar-refractivity contribution is 0.302. The first kappa shape index (κ1) is 12.9. The molecular formula is C12H19FN2O. The van der Waals surface area contributed by atoms with Crippen molar-refractivity contribution in [3.8, 4) is 0 Å². The van der Waals surface area contributed by atoms with Crippen molar-refractivity contribution < 1.29 is 9.50 Å². The third-order valence-electron chi connectivity index (χ3n) is 2.58. The van der Waals surface area contributed by atoms with Crippen molar-refractivity contribution in [2.45, 2.75) is 19.9 Å². The van der Waals surface area contributed by atoms with E-state index in [1.54, 1.807) is 11.0 Å². The molecule has 0 saturated heterocycles. The van der Waals surface area contributed by atoms with Gasteiger partial charge in [0.1, 0.15) is 5.82 Å². The van der Waals surface area contributed by atoms with Gasteiger partial charge in [0.25, 0.3) is 0 Å². The van der Waals surface area contributed by atoms with Crippen LogP contribution in [0.2, 0.25) is 0 Å². The molecule has 0 saturated carbocycles. The standard InChI is InChI=1S/C12H19FN2O/c1-3-15(7-8-16)12-10(9(2)14)5-4-6-11(12)13/h4-6,9,16H,3,7-8,14H2,1-2H3/t9-/m1/s1. The predicted octanol–water partition coefficient (Wildman–Crippen LogP) is 1.66. The van der Waals surface area contributed by atoms with Gasteiger partial charge in [0, 0.05) is 19.1 Å². The normalized spacial score (nSPS) is 12.6. The van der Waals surface area contributed by atoms with Crippen LogP contribution in [0.3, 0.4) is 0 Å². The van der Waals surface area contributed by atoms with Crippen LogP contribution in [0.15, 0.2) is 18.2 Å². The van der Waals surface area contributed by atoms with Crippen LogP contribution in [0.1, 0.15) is 25.5 Å². The van der Waals surface area contributed by atoms with E-state index in [0.29, 0.717) is 18.8 Å². The van der Waals surface area contributed by atoms with Crippen LogP contribution in [0, 0.1) is 5.82 Å². The Morgan fingerprint density at radius 2 is 2.19 bits per heavy atom. The van der Waals surface area contributed by atoms with Crippen molar-refractivity contribution >= 4 is 5.69 Å². The molecule has 90 valence electrons. The maximum atomic E-state index is 13.8. The van der Waals surface area contributed by atoms with Crippen molar-refractivity contribution in [3.05, 3.63) is 29.6 Å². The zero-order chi connectivity index (χ0) is 12.1. The van der Waals surface area contributed by atoms with E-state index in [-0.39, 0.29) is 18.5 Å². The summed E-state index contributed by atoms with van der Waals surface area (Å²) in [4.78, 5) is 1.80. The number of para-hydroxylation sites is 1. The first-order valence-corrected chi connectivity index (χ1v) is 5.51. The van der Waals surface area contributed by atoms with Gasteiger partial charge in [-0.1, -0.05) is 12.1 Å². The van der Waals surface area contributed by atoms with Gasteiger partial charge < -0.3 is 15.7 Å². The SMILES string of the molecule is CCN(CCO)c1c(F)cccc1[C@@H](C)N. The number of benzene rings is 1. The van der Waals surface area contributed by atoms with Gasteiger partial charge in [-0.25, -0.2) is 4.39 Å². The van der Waals surface area contributed by atoms with E-state index in [1.807, 2.05) is 19.9 Å². The minimum Gasteiger partial charge on any atom is -0.395 e. The summed E-state index contributed by atoms with van der Waals surface area (Å²) in [6, 6.07) is 4.67. The topological polar surface area (TPSA) is 49.5 Å². The Bertz CT molecular complexity index is 342. The maximum absolute atomic E-state index is 13.8. The summed E-state index contributed by atoms with van der Waals surface area (Å²) in [5.74, 6) is -0.287. The van der Waals surface area contributed by atoms with E-state index in [4.69, 9.17) is 10.8 Å². The molecule has 0 spiro atoms. The minimum absolute atomic E-state index is 0.000562. The monoisotopic (exact) mass is 226 g/mol. The molecule has 0 fully saturated rings. The van der Waals surface area contributed by atoms with Crippen LogP contribution in [-0.4, -0.2) is 24.8 Å². The Morgan fingerprint density at radius 1 is 1.50 bits per heavy atom. The smallest absolute Gasteiger partial charge is 0.146 e. The van der Waals surface area contributed by atoms with Gasteiger partial charge in [-0.05, 0) is 25.5 Å². The van der Waals surface area contributed by atoms with E-state index in [0.717, 1.165) is 5.56 Å². The van der Waals surface area contributed by atoms with Gasteiger partial charge in [-0.15, -0.1) is 0 Å². The quantitative estimate of drug-likeness (QED) is 0.803. The van der Waals surface area contributed by atoms with E-state index < -0.39 is 0 Å². The molecule has 0 heterocycles. The molecule has 1 aromatic carbocycles. The summed E-state index contributed by atoms with van der Waals surface area (Å²) in [7, 11) is 0. The molecule has 1 rings (SSSR count). The Morgan fingerprint density at radius 3 is 2.69 bits per heavy atom. The van der Waals surface area contributed by atoms with Crippen LogP contribution in [0.25, 0.3) is 0 Å². The van der Waals surface area contributed by atoms with Crippen LogP contribution in [0.5, 0.6) is 0 Å². The highest BCUT2D eigenvalue weighted by Gasteiger charge is 2.16. The Labute approximate surface area is 95.7 Å². The predicted molar refractivity (Wildman–Crippen MR) is 64.0 cm³/mol. The minimum atomic E-state index is -0.287. The second-order valence-corrected chi connectivity index (χ2v) is 3.77. The highest BCUT2D eigenvalue weighted by molar-refractivity contribution is 5.56. The number of nitrogens with two attached hydrogens (primary N) is 1. The molecule has 0 unspecified atom stereocenters. The number of anilines is 1. The van der Waals surface area contributed by atoms with Crippen molar-refractivity contribution in [2.75, 3.05) is 24.6 Å². The molecule has 0 bridgehead atoms. The van der Waals surface area contributed by atoms with Gasteiger partial charge >= 0.3 is 0 Å². The Hall–Kier alpha value is -1.13. The molecule has 16 heavy (non-hydrogen) atoms. The highest BCUT2D eigenvalue weighted by atomic mass is 19.1. The summed E-state index contributed by atoms with van der Waals surface area (Å²) in [5.41, 5.74) is 7.10. The van der Waals surface area contributed by atoms with Gasteiger partial charge in [-0.2, -0.15) is 0 Å². The van der Waals surface area contributed by atoms with Crippen LogP contribution >= 0.6 is 0 Å². The fourth-order valence-electron chi connectivity index (χ4n) is 1.78. The maximum Gasteiger partial charge on any atom is 0.146 e. The van der Waals surface area contributed by atoms with Gasteiger partial charge in [0.15, 0.2) is 0 Å². The molecule has 0 amide bonds. The number of nitrogens with zero attached hydrogens (tertiary/aromatic N) is 1. The van der Waals surface area contributed by atoms with Gasteiger partial charge in [0.2, 0.25) is 0 Å². The zero-order valence-corrected chi connectivity index (χ0v) is 9.78. The molecule has 0 aliphatic heterocycles. The number of hydrogen-bond donors (Lipinski definition) is 2. The second-order valence-electron chi connectivity index (χ2n) is 3.77. The van der Waals surface area contributed by atoms with E-state index >= 15 is 0 Å². The zero-order valence-electron chi connectivity index (χ0n) is 9.78. The summed E-state index contributed by atoms with van der Waals surface area (Å²) >= 11 is 0. The van der Waals surface area contributed by atoms with Crippen molar-refractivity contribution in [1.82, 2.24) is 0 Å². The fraction of sp³-hybridized carbons (Fsp3) is 0.500. The first-order chi connectivity index (χ1) is 7.61. The van der Waals surface area contributed by atoms with Crippen molar-refractivity contribution in [2.24, 2.45) is 5.73 Å². The third kappa shape index (κ3) is 2.71. The molecule has 4 heteroatoms. The lowest BCUT2D eigenvalue weighted by Crippen LogP contribution is -2.29. The molecule has 0 radical (unpaired) electrons. The molecule has 0 aromatic heterocycles. The summed E-state index contributed by atoms with van der Waals surface area (Å²) in [5, 5.41) is 8.95. The number of halogens is 1. The number of aliphatic hydroxyl groups excluding tert-OH is 1. The summed E-state index contributed by atoms with van der Waals surface area (Å²) in [6.45, 7) is 4.80. The Balaban J connectivity index is 3.17. The number of likely N-dealkylation sites (N-methyl/N-ethyl adjacent to an activating group) is 1. The average Bonchev–Trinajstić information content (AvgIpc) is 2.26. The van der Waals surface area contributed by atoms with E-state index in [2.05, 4.69) is 0 Å². The van der Waals surface area contributed by atoms with Crippen molar-refractivity contribution in [1.29, 1.82) is 0 Å². The summed E-state index contributed by atoms with van der Waals surface area (Å²) < 4.78 is 13.8. The van der Waals surface area contributed by atoms with Crippen LogP contribution in [-0.2, 0) is 0 Å². The van der Waals surface area contributed by atoms with Crippen LogP contribution in [0.4, 0.5) is 10.1 Å². The highest BCUT2D eigenvalue weighted by Crippen LogP contribution is 2.28. The van der Waals surface area contributed by atoms with Gasteiger partial charge in [-0.3, -0.25) is 0 Å². The third-order valence-corrected chi connectivity index (χ3v) is 2.58. The molecule has 0 aliphatic carbocycles. The molecular weight excluding hydrogens is 207 g/mol. The molecule has 3 nitrogen and oxygen atoms in total. The second kappa shape index (κ2) is 5.82. The van der Waals surface area contributed by atoms with E-state index in [1.165, 1.54) is 6.07 Å². The lowest BCUT2D eigenvalue weighted by atomic mass is 10.1. The molecule has 0 aliphatic rings. The largest absolute Gasteiger partial charge is 0.395 e. The molecule has 3 N–H and O–H groups in total. The van der Waals surface area contributed by atoms with E-state index in [9.17, 15) is 4.39 Å². The molecule has 1 aromatic rings. The van der Waals surface area contributed by atoms with Crippen molar-refractivity contribution in [3.63, 3.8) is 0 Å². The van der Waals surface area contributed by atoms with Gasteiger partial charge in [0.05, 0.1) is 12.3 Å². The first-order valence-electron chi connectivity index (χ1n) is 5.51. The number of aliphatic hydroxyl groups is 1. The Kier molecular flexibility index (Phi) is 4.71. The van der Waals surface area contributed by atoms with Crippen LogP contribution < -0.4 is 10.6 Å². The number of hydrogen-bond acceptors (Lipinski definition) is 3. The number of rotatable bonds is 5. The molecule has 1 atom stereocenters. The average molecular weight is 226 g/mol.